The predicted molar refractivity (Wildman–Crippen MR) is 117 cm³/mol. The van der Waals surface area contributed by atoms with Crippen LogP contribution in [0.15, 0.2) is 42.7 Å². The zero-order valence-electron chi connectivity index (χ0n) is 16.2. The van der Waals surface area contributed by atoms with Crippen LogP contribution in [0.4, 0.5) is 0 Å². The fourth-order valence-corrected chi connectivity index (χ4v) is 4.01. The Hall–Kier alpha value is -2.48. The summed E-state index contributed by atoms with van der Waals surface area (Å²) >= 11 is 0. The molecule has 30 heavy (non-hydrogen) atoms. The Morgan fingerprint density at radius 3 is 2.47 bits per heavy atom. The van der Waals surface area contributed by atoms with Crippen molar-refractivity contribution in [1.82, 2.24) is 15.2 Å². The van der Waals surface area contributed by atoms with Crippen molar-refractivity contribution in [3.8, 4) is 0 Å². The van der Waals surface area contributed by atoms with E-state index in [4.69, 9.17) is 5.73 Å². The molecular formula is C21H24Cl2N4O3. The number of benzene rings is 1. The first-order chi connectivity index (χ1) is 13.6. The Bertz CT molecular complexity index is 939. The number of hydrogen-bond donors (Lipinski definition) is 2. The van der Waals surface area contributed by atoms with Gasteiger partial charge in [-0.05, 0) is 61.2 Å². The third kappa shape index (κ3) is 4.48. The molecule has 0 saturated heterocycles. The average Bonchev–Trinajstić information content (AvgIpc) is 3.26. The van der Waals surface area contributed by atoms with E-state index < -0.39 is 0 Å². The number of pyridine rings is 1. The van der Waals surface area contributed by atoms with E-state index in [9.17, 15) is 14.4 Å². The Morgan fingerprint density at radius 2 is 1.77 bits per heavy atom. The molecule has 160 valence electrons. The molecule has 0 bridgehead atoms. The van der Waals surface area contributed by atoms with Crippen LogP contribution in [0.5, 0.6) is 0 Å². The van der Waals surface area contributed by atoms with Gasteiger partial charge < -0.3 is 11.1 Å². The highest BCUT2D eigenvalue weighted by molar-refractivity contribution is 6.22. The van der Waals surface area contributed by atoms with Crippen molar-refractivity contribution >= 4 is 42.5 Å². The van der Waals surface area contributed by atoms with Crippen molar-refractivity contribution in [3.05, 3.63) is 65.0 Å². The van der Waals surface area contributed by atoms with Crippen LogP contribution in [-0.2, 0) is 6.54 Å². The molecule has 7 nitrogen and oxygen atoms in total. The number of nitrogens with zero attached hydrogens (tertiary/aromatic N) is 2. The number of aromatic nitrogens is 1. The topological polar surface area (TPSA) is 105 Å². The largest absolute Gasteiger partial charge is 0.349 e. The van der Waals surface area contributed by atoms with Crippen molar-refractivity contribution in [3.63, 3.8) is 0 Å². The highest BCUT2D eigenvalue weighted by Gasteiger charge is 2.36. The van der Waals surface area contributed by atoms with Gasteiger partial charge in [-0.1, -0.05) is 6.42 Å². The molecule has 2 aliphatic rings. The van der Waals surface area contributed by atoms with Gasteiger partial charge in [0, 0.05) is 24.0 Å². The predicted octanol–water partition coefficient (Wildman–Crippen LogP) is 2.58. The van der Waals surface area contributed by atoms with E-state index >= 15 is 0 Å². The molecule has 2 heterocycles. The minimum atomic E-state index is -0.382. The van der Waals surface area contributed by atoms with Gasteiger partial charge in [-0.2, -0.15) is 0 Å². The molecule has 1 fully saturated rings. The van der Waals surface area contributed by atoms with Crippen molar-refractivity contribution in [2.75, 3.05) is 6.54 Å². The summed E-state index contributed by atoms with van der Waals surface area (Å²) in [4.78, 5) is 43.2. The first-order valence-electron chi connectivity index (χ1n) is 9.48. The van der Waals surface area contributed by atoms with Gasteiger partial charge in [0.05, 0.1) is 17.7 Å². The summed E-state index contributed by atoms with van der Waals surface area (Å²) in [5.41, 5.74) is 7.58. The van der Waals surface area contributed by atoms with Crippen LogP contribution >= 0.6 is 24.8 Å². The van der Waals surface area contributed by atoms with E-state index in [1.54, 1.807) is 36.7 Å². The quantitative estimate of drug-likeness (QED) is 0.680. The van der Waals surface area contributed by atoms with Crippen molar-refractivity contribution < 1.29 is 14.4 Å². The normalized spacial score (nSPS) is 19.7. The number of fused-ring (bicyclic) bond motifs is 1. The van der Waals surface area contributed by atoms with E-state index in [-0.39, 0.29) is 66.6 Å². The molecule has 3 N–H and O–H groups in total. The Balaban J connectivity index is 0.00000160. The second kappa shape index (κ2) is 10.0. The summed E-state index contributed by atoms with van der Waals surface area (Å²) in [5, 5.41) is 3.03. The zero-order valence-corrected chi connectivity index (χ0v) is 17.9. The maximum Gasteiger partial charge on any atom is 0.261 e. The molecule has 0 spiro atoms. The van der Waals surface area contributed by atoms with Crippen LogP contribution in [0, 0.1) is 5.92 Å². The Kier molecular flexibility index (Phi) is 7.95. The Morgan fingerprint density at radius 1 is 1.07 bits per heavy atom. The lowest BCUT2D eigenvalue weighted by atomic mass is 10.0. The van der Waals surface area contributed by atoms with Gasteiger partial charge in [0.15, 0.2) is 0 Å². The van der Waals surface area contributed by atoms with Crippen LogP contribution in [0.2, 0.25) is 0 Å². The molecular weight excluding hydrogens is 427 g/mol. The minimum absolute atomic E-state index is 0. The molecule has 1 saturated carbocycles. The van der Waals surface area contributed by atoms with Gasteiger partial charge in [-0.25, -0.2) is 0 Å². The van der Waals surface area contributed by atoms with Crippen molar-refractivity contribution in [1.29, 1.82) is 0 Å². The third-order valence-corrected chi connectivity index (χ3v) is 5.60. The number of carbonyl (C=O) groups is 3. The number of carbonyl (C=O) groups excluding carboxylic acids is 3. The van der Waals surface area contributed by atoms with Gasteiger partial charge in [-0.3, -0.25) is 24.3 Å². The Labute approximate surface area is 187 Å². The number of nitrogens with two attached hydrogens (primary N) is 1. The molecule has 1 aromatic carbocycles. The summed E-state index contributed by atoms with van der Waals surface area (Å²) in [6, 6.07) is 8.26. The molecule has 2 atom stereocenters. The summed E-state index contributed by atoms with van der Waals surface area (Å²) in [6.07, 6.45) is 6.22. The van der Waals surface area contributed by atoms with E-state index in [1.807, 2.05) is 0 Å². The van der Waals surface area contributed by atoms with Gasteiger partial charge in [0.2, 0.25) is 0 Å². The second-order valence-corrected chi connectivity index (χ2v) is 7.32. The molecule has 1 aliphatic heterocycles. The number of halogens is 2. The lowest BCUT2D eigenvalue weighted by Gasteiger charge is -2.19. The van der Waals surface area contributed by atoms with Crippen LogP contribution in [0.25, 0.3) is 0 Å². The van der Waals surface area contributed by atoms with Gasteiger partial charge >= 0.3 is 0 Å². The van der Waals surface area contributed by atoms with Crippen LogP contribution in [0.3, 0.4) is 0 Å². The van der Waals surface area contributed by atoms with E-state index in [2.05, 4.69) is 10.3 Å². The maximum atomic E-state index is 12.8. The van der Waals surface area contributed by atoms with Crippen LogP contribution in [0.1, 0.15) is 55.9 Å². The maximum absolute atomic E-state index is 12.8. The average molecular weight is 451 g/mol. The fourth-order valence-electron chi connectivity index (χ4n) is 4.01. The SMILES string of the molecule is Cl.Cl.NCC1CCCC1NC(=O)c1ccc2c(c1)C(=O)N(Cc1ccncc1)C2=O. The molecule has 2 unspecified atom stereocenters. The minimum Gasteiger partial charge on any atom is -0.349 e. The number of amides is 3. The van der Waals surface area contributed by atoms with Crippen LogP contribution in [-0.4, -0.2) is 40.2 Å². The van der Waals surface area contributed by atoms with Crippen molar-refractivity contribution in [2.45, 2.75) is 31.8 Å². The summed E-state index contributed by atoms with van der Waals surface area (Å²) < 4.78 is 0. The molecule has 3 amide bonds. The number of imide groups is 1. The standard InChI is InChI=1S/C21H22N4O3.2ClH/c22-11-15-2-1-3-18(15)24-19(26)14-4-5-16-17(10-14)21(28)25(20(16)27)12-13-6-8-23-9-7-13;;/h4-10,15,18H,1-3,11-12,22H2,(H,24,26);2*1H. The number of hydrogen-bond acceptors (Lipinski definition) is 5. The molecule has 9 heteroatoms. The third-order valence-electron chi connectivity index (χ3n) is 5.60. The first-order valence-corrected chi connectivity index (χ1v) is 9.48. The van der Waals surface area contributed by atoms with Gasteiger partial charge in [-0.15, -0.1) is 24.8 Å². The summed E-state index contributed by atoms with van der Waals surface area (Å²) in [7, 11) is 0. The first kappa shape index (κ1) is 23.8. The van der Waals surface area contributed by atoms with E-state index in [1.165, 1.54) is 11.0 Å². The van der Waals surface area contributed by atoms with E-state index in [0.29, 0.717) is 17.7 Å². The fraction of sp³-hybridized carbons (Fsp3) is 0.333. The zero-order chi connectivity index (χ0) is 19.7. The molecule has 1 aromatic heterocycles. The smallest absolute Gasteiger partial charge is 0.261 e. The molecule has 1 aliphatic carbocycles. The van der Waals surface area contributed by atoms with Crippen LogP contribution < -0.4 is 11.1 Å². The van der Waals surface area contributed by atoms with E-state index in [0.717, 1.165) is 24.8 Å². The highest BCUT2D eigenvalue weighted by Crippen LogP contribution is 2.27. The molecule has 2 aromatic rings. The van der Waals surface area contributed by atoms with Crippen molar-refractivity contribution in [2.24, 2.45) is 11.7 Å². The monoisotopic (exact) mass is 450 g/mol. The lowest BCUT2D eigenvalue weighted by Crippen LogP contribution is -2.39. The summed E-state index contributed by atoms with van der Waals surface area (Å²) in [5.74, 6) is -0.673. The second-order valence-electron chi connectivity index (χ2n) is 7.32. The highest BCUT2D eigenvalue weighted by atomic mass is 35.5. The number of nitrogens with one attached hydrogen (secondary N) is 1. The van der Waals surface area contributed by atoms with Gasteiger partial charge in [0.1, 0.15) is 0 Å². The number of rotatable bonds is 5. The molecule has 0 radical (unpaired) electrons. The summed E-state index contributed by atoms with van der Waals surface area (Å²) in [6.45, 7) is 0.725. The lowest BCUT2D eigenvalue weighted by molar-refractivity contribution is 0.0642. The molecule has 4 rings (SSSR count). The van der Waals surface area contributed by atoms with Gasteiger partial charge in [0.25, 0.3) is 17.7 Å².